The molecular weight excluding hydrogens is 129 g/mol. The smallest absolute Gasteiger partial charge is 0.115 e. The van der Waals surface area contributed by atoms with Crippen LogP contribution in [0.15, 0.2) is 0 Å². The summed E-state index contributed by atoms with van der Waals surface area (Å²) < 4.78 is 13.0. The van der Waals surface area contributed by atoms with E-state index in [-0.39, 0.29) is 6.04 Å². The molecule has 0 aliphatic carbocycles. The molecule has 10 heavy (non-hydrogen) atoms. The van der Waals surface area contributed by atoms with Crippen molar-refractivity contribution in [3.8, 4) is 0 Å². The van der Waals surface area contributed by atoms with Crippen molar-refractivity contribution in [1.82, 2.24) is 5.32 Å². The van der Waals surface area contributed by atoms with Gasteiger partial charge in [-0.1, -0.05) is 13.8 Å². The number of nitrogens with one attached hydrogen (secondary N) is 1. The Morgan fingerprint density at radius 2 is 1.80 bits per heavy atom. The zero-order chi connectivity index (χ0) is 8.15. The minimum Gasteiger partial charge on any atom is -0.314 e. The third-order valence-corrected chi connectivity index (χ3v) is 1.69. The van der Waals surface area contributed by atoms with Gasteiger partial charge in [-0.05, 0) is 26.3 Å². The normalized spacial score (nSPS) is 17.4. The molecule has 0 fully saturated rings. The lowest BCUT2D eigenvalue weighted by molar-refractivity contribution is 0.230. The summed E-state index contributed by atoms with van der Waals surface area (Å²) in [5, 5.41) is 2.90. The van der Waals surface area contributed by atoms with Crippen LogP contribution >= 0.6 is 0 Å². The molecule has 2 atom stereocenters. The van der Waals surface area contributed by atoms with E-state index in [0.717, 1.165) is 0 Å². The Labute approximate surface area is 63.0 Å². The van der Waals surface area contributed by atoms with Gasteiger partial charge in [-0.2, -0.15) is 0 Å². The van der Waals surface area contributed by atoms with Crippen LogP contribution in [0.1, 0.15) is 27.2 Å². The Kier molecular flexibility index (Phi) is 4.62. The predicted molar refractivity (Wildman–Crippen MR) is 42.9 cm³/mol. The van der Waals surface area contributed by atoms with E-state index in [1.807, 2.05) is 20.8 Å². The maximum absolute atomic E-state index is 13.0. The Balaban J connectivity index is 3.50. The summed E-state index contributed by atoms with van der Waals surface area (Å²) in [5.74, 6) is 0.450. The largest absolute Gasteiger partial charge is 0.314 e. The summed E-state index contributed by atoms with van der Waals surface area (Å²) in [6.07, 6.45) is -0.0489. The van der Waals surface area contributed by atoms with E-state index in [0.29, 0.717) is 12.3 Å². The van der Waals surface area contributed by atoms with Gasteiger partial charge in [0.2, 0.25) is 0 Å². The fourth-order valence-electron chi connectivity index (χ4n) is 0.835. The Morgan fingerprint density at radius 3 is 2.10 bits per heavy atom. The van der Waals surface area contributed by atoms with Gasteiger partial charge in [0.1, 0.15) is 6.17 Å². The van der Waals surface area contributed by atoms with Crippen LogP contribution in [0.25, 0.3) is 0 Å². The minimum atomic E-state index is -0.704. The summed E-state index contributed by atoms with van der Waals surface area (Å²) in [4.78, 5) is 0. The first-order valence-corrected chi connectivity index (χ1v) is 3.89. The van der Waals surface area contributed by atoms with Crippen molar-refractivity contribution in [3.05, 3.63) is 0 Å². The third kappa shape index (κ3) is 3.83. The molecule has 0 radical (unpaired) electrons. The molecule has 62 valence electrons. The molecule has 0 aromatic rings. The van der Waals surface area contributed by atoms with Gasteiger partial charge in [-0.25, -0.2) is 4.39 Å². The molecule has 0 aliphatic heterocycles. The fourth-order valence-corrected chi connectivity index (χ4v) is 0.835. The molecule has 0 amide bonds. The van der Waals surface area contributed by atoms with E-state index < -0.39 is 6.17 Å². The molecule has 2 heteroatoms. The van der Waals surface area contributed by atoms with Gasteiger partial charge in [-0.3, -0.25) is 0 Å². The van der Waals surface area contributed by atoms with Crippen molar-refractivity contribution in [2.75, 3.05) is 7.05 Å². The maximum Gasteiger partial charge on any atom is 0.115 e. The standard InChI is InChI=1S/C8H18FN/c1-6(2)5-8(9)7(3)10-4/h6-8,10H,5H2,1-4H3. The van der Waals surface area contributed by atoms with Crippen molar-refractivity contribution in [2.24, 2.45) is 5.92 Å². The van der Waals surface area contributed by atoms with E-state index in [2.05, 4.69) is 5.32 Å². The van der Waals surface area contributed by atoms with Gasteiger partial charge >= 0.3 is 0 Å². The molecular formula is C8H18FN. The van der Waals surface area contributed by atoms with E-state index >= 15 is 0 Å². The molecule has 0 heterocycles. The van der Waals surface area contributed by atoms with Crippen LogP contribution in [0.4, 0.5) is 4.39 Å². The Hall–Kier alpha value is -0.110. The molecule has 0 rings (SSSR count). The molecule has 1 N–H and O–H groups in total. The van der Waals surface area contributed by atoms with Crippen LogP contribution in [0, 0.1) is 5.92 Å². The lowest BCUT2D eigenvalue weighted by Gasteiger charge is -2.17. The third-order valence-electron chi connectivity index (χ3n) is 1.69. The molecule has 0 bridgehead atoms. The summed E-state index contributed by atoms with van der Waals surface area (Å²) in [6, 6.07) is -0.0117. The van der Waals surface area contributed by atoms with Crippen molar-refractivity contribution in [3.63, 3.8) is 0 Å². The van der Waals surface area contributed by atoms with Crippen molar-refractivity contribution in [2.45, 2.75) is 39.4 Å². The van der Waals surface area contributed by atoms with Crippen LogP contribution in [0.3, 0.4) is 0 Å². The number of rotatable bonds is 4. The maximum atomic E-state index is 13.0. The lowest BCUT2D eigenvalue weighted by atomic mass is 10.0. The van der Waals surface area contributed by atoms with Gasteiger partial charge < -0.3 is 5.32 Å². The lowest BCUT2D eigenvalue weighted by Crippen LogP contribution is -2.32. The summed E-state index contributed by atoms with van der Waals surface area (Å²) in [6.45, 7) is 5.94. The molecule has 0 aliphatic rings. The van der Waals surface area contributed by atoms with Crippen LogP contribution in [-0.2, 0) is 0 Å². The first-order chi connectivity index (χ1) is 4.57. The van der Waals surface area contributed by atoms with Crippen molar-refractivity contribution >= 4 is 0 Å². The number of hydrogen-bond acceptors (Lipinski definition) is 1. The fraction of sp³-hybridized carbons (Fsp3) is 1.00. The van der Waals surface area contributed by atoms with Gasteiger partial charge in [0.25, 0.3) is 0 Å². The topological polar surface area (TPSA) is 12.0 Å². The summed E-state index contributed by atoms with van der Waals surface area (Å²) in [5.41, 5.74) is 0. The van der Waals surface area contributed by atoms with Crippen molar-refractivity contribution in [1.29, 1.82) is 0 Å². The van der Waals surface area contributed by atoms with E-state index in [1.54, 1.807) is 7.05 Å². The average molecular weight is 147 g/mol. The monoisotopic (exact) mass is 147 g/mol. The summed E-state index contributed by atoms with van der Waals surface area (Å²) in [7, 11) is 1.79. The highest BCUT2D eigenvalue weighted by Crippen LogP contribution is 2.10. The van der Waals surface area contributed by atoms with Gasteiger partial charge in [-0.15, -0.1) is 0 Å². The molecule has 0 spiro atoms. The molecule has 0 aromatic carbocycles. The molecule has 0 aromatic heterocycles. The van der Waals surface area contributed by atoms with E-state index in [4.69, 9.17) is 0 Å². The highest BCUT2D eigenvalue weighted by atomic mass is 19.1. The highest BCUT2D eigenvalue weighted by Gasteiger charge is 2.14. The molecule has 2 unspecified atom stereocenters. The second kappa shape index (κ2) is 4.67. The van der Waals surface area contributed by atoms with Crippen LogP contribution in [0.2, 0.25) is 0 Å². The van der Waals surface area contributed by atoms with Gasteiger partial charge in [0.15, 0.2) is 0 Å². The van der Waals surface area contributed by atoms with Crippen LogP contribution in [0.5, 0.6) is 0 Å². The number of halogens is 1. The van der Waals surface area contributed by atoms with Crippen LogP contribution < -0.4 is 5.32 Å². The first-order valence-electron chi connectivity index (χ1n) is 3.89. The number of hydrogen-bond donors (Lipinski definition) is 1. The van der Waals surface area contributed by atoms with E-state index in [1.165, 1.54) is 0 Å². The SMILES string of the molecule is CNC(C)C(F)CC(C)C. The quantitative estimate of drug-likeness (QED) is 0.641. The summed E-state index contributed by atoms with van der Waals surface area (Å²) >= 11 is 0. The highest BCUT2D eigenvalue weighted by molar-refractivity contribution is 4.70. The van der Waals surface area contributed by atoms with Crippen LogP contribution in [-0.4, -0.2) is 19.3 Å². The Morgan fingerprint density at radius 1 is 1.30 bits per heavy atom. The first kappa shape index (κ1) is 9.89. The van der Waals surface area contributed by atoms with Gasteiger partial charge in [0, 0.05) is 6.04 Å². The number of alkyl halides is 1. The molecule has 0 saturated carbocycles. The zero-order valence-corrected chi connectivity index (χ0v) is 7.32. The Bertz CT molecular complexity index is 83.3. The predicted octanol–water partition coefficient (Wildman–Crippen LogP) is 1.98. The minimum absolute atomic E-state index is 0.0117. The second-order valence-electron chi connectivity index (χ2n) is 3.22. The zero-order valence-electron chi connectivity index (χ0n) is 7.32. The second-order valence-corrected chi connectivity index (χ2v) is 3.22. The average Bonchev–Trinajstić information content (AvgIpc) is 1.85. The van der Waals surface area contributed by atoms with Crippen molar-refractivity contribution < 1.29 is 4.39 Å². The van der Waals surface area contributed by atoms with Gasteiger partial charge in [0.05, 0.1) is 0 Å². The van der Waals surface area contributed by atoms with E-state index in [9.17, 15) is 4.39 Å². The molecule has 1 nitrogen and oxygen atoms in total. The molecule has 0 saturated heterocycles.